The van der Waals surface area contributed by atoms with Crippen molar-refractivity contribution in [2.45, 2.75) is 38.6 Å². The molecule has 0 radical (unpaired) electrons. The molecule has 1 heterocycles. The Morgan fingerprint density at radius 2 is 2.28 bits per heavy atom. The van der Waals surface area contributed by atoms with Crippen molar-refractivity contribution >= 4 is 17.2 Å². The van der Waals surface area contributed by atoms with Gasteiger partial charge in [-0.1, -0.05) is 0 Å². The number of amides is 1. The van der Waals surface area contributed by atoms with Crippen LogP contribution in [0.3, 0.4) is 0 Å². The molecule has 0 bridgehead atoms. The van der Waals surface area contributed by atoms with Crippen LogP contribution in [0.5, 0.6) is 0 Å². The molecule has 2 aliphatic rings. The highest BCUT2D eigenvalue weighted by molar-refractivity contribution is 7.12. The van der Waals surface area contributed by atoms with Crippen molar-refractivity contribution in [3.05, 3.63) is 21.4 Å². The summed E-state index contributed by atoms with van der Waals surface area (Å²) < 4.78 is 0. The lowest BCUT2D eigenvalue weighted by Crippen LogP contribution is -2.34. The van der Waals surface area contributed by atoms with Crippen molar-refractivity contribution in [1.82, 2.24) is 10.6 Å². The van der Waals surface area contributed by atoms with Crippen LogP contribution in [-0.2, 0) is 24.2 Å². The van der Waals surface area contributed by atoms with Crippen LogP contribution in [0.25, 0.3) is 0 Å². The van der Waals surface area contributed by atoms with Gasteiger partial charge < -0.3 is 10.6 Å². The Morgan fingerprint density at radius 3 is 3.06 bits per heavy atom. The second-order valence-corrected chi connectivity index (χ2v) is 6.59. The third kappa shape index (κ3) is 3.12. The van der Waals surface area contributed by atoms with Gasteiger partial charge in [-0.15, -0.1) is 11.3 Å². The number of rotatable bonds is 6. The zero-order valence-electron chi connectivity index (χ0n) is 10.6. The predicted octanol–water partition coefficient (Wildman–Crippen LogP) is 1.85. The fraction of sp³-hybridized carbons (Fsp3) is 0.643. The van der Waals surface area contributed by atoms with Crippen LogP contribution < -0.4 is 10.6 Å². The van der Waals surface area contributed by atoms with Gasteiger partial charge in [0.25, 0.3) is 0 Å². The first kappa shape index (κ1) is 12.2. The maximum atomic E-state index is 11.5. The summed E-state index contributed by atoms with van der Waals surface area (Å²) in [6, 6.07) is 2.31. The van der Waals surface area contributed by atoms with Gasteiger partial charge >= 0.3 is 0 Å². The SMILES string of the molecule is O=C(CNCc1cc2c(s1)CCC2)NCC1CC1. The Balaban J connectivity index is 1.36. The predicted molar refractivity (Wildman–Crippen MR) is 73.8 cm³/mol. The Bertz CT molecular complexity index is 416. The smallest absolute Gasteiger partial charge is 0.233 e. The van der Waals surface area contributed by atoms with Crippen LogP contribution in [0.2, 0.25) is 0 Å². The van der Waals surface area contributed by atoms with Crippen molar-refractivity contribution in [2.24, 2.45) is 5.92 Å². The number of nitrogens with one attached hydrogen (secondary N) is 2. The van der Waals surface area contributed by atoms with E-state index < -0.39 is 0 Å². The summed E-state index contributed by atoms with van der Waals surface area (Å²) in [6.07, 6.45) is 6.39. The maximum absolute atomic E-state index is 11.5. The normalized spacial score (nSPS) is 17.8. The van der Waals surface area contributed by atoms with Gasteiger partial charge in [-0.05, 0) is 49.7 Å². The Morgan fingerprint density at radius 1 is 1.39 bits per heavy atom. The van der Waals surface area contributed by atoms with E-state index in [9.17, 15) is 4.79 Å². The topological polar surface area (TPSA) is 41.1 Å². The second kappa shape index (κ2) is 5.41. The lowest BCUT2D eigenvalue weighted by atomic mass is 10.2. The largest absolute Gasteiger partial charge is 0.355 e. The second-order valence-electron chi connectivity index (χ2n) is 5.37. The number of hydrogen-bond acceptors (Lipinski definition) is 3. The van der Waals surface area contributed by atoms with Gasteiger partial charge in [0, 0.05) is 22.8 Å². The van der Waals surface area contributed by atoms with Crippen molar-refractivity contribution in [1.29, 1.82) is 0 Å². The molecule has 1 amide bonds. The number of aryl methyl sites for hydroxylation is 2. The van der Waals surface area contributed by atoms with E-state index in [1.54, 1.807) is 4.88 Å². The highest BCUT2D eigenvalue weighted by Crippen LogP contribution is 2.30. The first-order valence-electron chi connectivity index (χ1n) is 6.89. The maximum Gasteiger partial charge on any atom is 0.233 e. The molecule has 0 aromatic carbocycles. The van der Waals surface area contributed by atoms with Crippen molar-refractivity contribution in [2.75, 3.05) is 13.1 Å². The quantitative estimate of drug-likeness (QED) is 0.823. The minimum absolute atomic E-state index is 0.131. The highest BCUT2D eigenvalue weighted by Gasteiger charge is 2.21. The molecule has 3 nitrogen and oxygen atoms in total. The van der Waals surface area contributed by atoms with Gasteiger partial charge in [0.1, 0.15) is 0 Å². The van der Waals surface area contributed by atoms with E-state index in [1.165, 1.54) is 42.5 Å². The minimum atomic E-state index is 0.131. The Labute approximate surface area is 112 Å². The number of fused-ring (bicyclic) bond motifs is 1. The van der Waals surface area contributed by atoms with Gasteiger partial charge in [0.15, 0.2) is 0 Å². The minimum Gasteiger partial charge on any atom is -0.355 e. The summed E-state index contributed by atoms with van der Waals surface area (Å²) in [5.74, 6) is 0.889. The standard InChI is InChI=1S/C14H20N2OS/c17-14(16-7-10-4-5-10)9-15-8-12-6-11-2-1-3-13(11)18-12/h6,10,15H,1-5,7-9H2,(H,16,17). The van der Waals surface area contributed by atoms with Crippen molar-refractivity contribution in [3.8, 4) is 0 Å². The monoisotopic (exact) mass is 264 g/mol. The number of thiophene rings is 1. The van der Waals surface area contributed by atoms with Gasteiger partial charge in [-0.3, -0.25) is 4.79 Å². The average Bonchev–Trinajstić information content (AvgIpc) is 2.95. The van der Waals surface area contributed by atoms with E-state index in [4.69, 9.17) is 0 Å². The van der Waals surface area contributed by atoms with Crippen molar-refractivity contribution in [3.63, 3.8) is 0 Å². The molecule has 1 saturated carbocycles. The first-order chi connectivity index (χ1) is 8.81. The first-order valence-corrected chi connectivity index (χ1v) is 7.71. The van der Waals surface area contributed by atoms with Gasteiger partial charge in [-0.2, -0.15) is 0 Å². The molecule has 2 aliphatic carbocycles. The van der Waals surface area contributed by atoms with E-state index >= 15 is 0 Å². The molecular weight excluding hydrogens is 244 g/mol. The van der Waals surface area contributed by atoms with Gasteiger partial charge in [-0.25, -0.2) is 0 Å². The molecule has 18 heavy (non-hydrogen) atoms. The fourth-order valence-corrected chi connectivity index (χ4v) is 3.65. The molecule has 2 N–H and O–H groups in total. The number of carbonyl (C=O) groups is 1. The molecule has 4 heteroatoms. The molecule has 0 saturated heterocycles. The fourth-order valence-electron chi connectivity index (χ4n) is 2.42. The lowest BCUT2D eigenvalue weighted by molar-refractivity contribution is -0.120. The molecule has 98 valence electrons. The molecule has 1 aromatic rings. The summed E-state index contributed by atoms with van der Waals surface area (Å²) in [4.78, 5) is 14.5. The third-order valence-corrected chi connectivity index (χ3v) is 4.90. The van der Waals surface area contributed by atoms with E-state index in [-0.39, 0.29) is 5.91 Å². The summed E-state index contributed by atoms with van der Waals surface area (Å²) in [5, 5.41) is 6.20. The summed E-state index contributed by atoms with van der Waals surface area (Å²) >= 11 is 1.91. The molecule has 0 unspecified atom stereocenters. The van der Waals surface area contributed by atoms with E-state index in [2.05, 4.69) is 16.7 Å². The van der Waals surface area contributed by atoms with Gasteiger partial charge in [0.05, 0.1) is 6.54 Å². The van der Waals surface area contributed by atoms with Crippen LogP contribution in [0.15, 0.2) is 6.07 Å². The number of carbonyl (C=O) groups excluding carboxylic acids is 1. The summed E-state index contributed by atoms with van der Waals surface area (Å²) in [7, 11) is 0. The average molecular weight is 264 g/mol. The van der Waals surface area contributed by atoms with Crippen LogP contribution in [-0.4, -0.2) is 19.0 Å². The van der Waals surface area contributed by atoms with Crippen LogP contribution in [0.1, 0.15) is 34.6 Å². The lowest BCUT2D eigenvalue weighted by Gasteiger charge is -2.05. The third-order valence-electron chi connectivity index (χ3n) is 3.67. The molecule has 1 fully saturated rings. The zero-order valence-corrected chi connectivity index (χ0v) is 11.4. The molecule has 0 aliphatic heterocycles. The Kier molecular flexibility index (Phi) is 3.66. The molecule has 3 rings (SSSR count). The zero-order chi connectivity index (χ0) is 12.4. The van der Waals surface area contributed by atoms with Crippen LogP contribution >= 0.6 is 11.3 Å². The molecule has 1 aromatic heterocycles. The van der Waals surface area contributed by atoms with Crippen LogP contribution in [0.4, 0.5) is 0 Å². The molecular formula is C14H20N2OS. The van der Waals surface area contributed by atoms with Crippen LogP contribution in [0, 0.1) is 5.92 Å². The van der Waals surface area contributed by atoms with E-state index in [0.29, 0.717) is 6.54 Å². The van der Waals surface area contributed by atoms with Gasteiger partial charge in [0.2, 0.25) is 5.91 Å². The Hall–Kier alpha value is -0.870. The van der Waals surface area contributed by atoms with E-state index in [1.807, 2.05) is 11.3 Å². The summed E-state index contributed by atoms with van der Waals surface area (Å²) in [5.41, 5.74) is 1.54. The molecule has 0 atom stereocenters. The van der Waals surface area contributed by atoms with E-state index in [0.717, 1.165) is 19.0 Å². The number of hydrogen-bond donors (Lipinski definition) is 2. The summed E-state index contributed by atoms with van der Waals surface area (Å²) in [6.45, 7) is 2.14. The van der Waals surface area contributed by atoms with Crippen molar-refractivity contribution < 1.29 is 4.79 Å². The molecule has 0 spiro atoms. The highest BCUT2D eigenvalue weighted by atomic mass is 32.1.